The van der Waals surface area contributed by atoms with Gasteiger partial charge in [0.2, 0.25) is 5.91 Å². The molecule has 164 valence electrons. The number of hydrogen-bond donors (Lipinski definition) is 2. The van der Waals surface area contributed by atoms with Crippen molar-refractivity contribution >= 4 is 33.2 Å². The lowest BCUT2D eigenvalue weighted by atomic mass is 10.0. The minimum absolute atomic E-state index is 0.0137. The summed E-state index contributed by atoms with van der Waals surface area (Å²) < 4.78 is 24.2. The first kappa shape index (κ1) is 21.3. The average Bonchev–Trinajstić information content (AvgIpc) is 3.58. The Morgan fingerprint density at radius 2 is 1.68 bits per heavy atom. The smallest absolute Gasteiger partial charge is 0.411 e. The second-order valence-corrected chi connectivity index (χ2v) is 10.1. The van der Waals surface area contributed by atoms with E-state index in [0.29, 0.717) is 16.9 Å². The fourth-order valence-corrected chi connectivity index (χ4v) is 4.97. The van der Waals surface area contributed by atoms with Crippen LogP contribution in [0.2, 0.25) is 0 Å². The van der Waals surface area contributed by atoms with E-state index in [1.165, 1.54) is 17.0 Å². The lowest BCUT2D eigenvalue weighted by Gasteiger charge is -2.40. The standard InChI is InChI=1S/C22H24N2O6S/c1-14-13-23(22(27)28)20-12-17(6-9-19(20)24(14)21(26)16-2-3-16)15-4-7-18(8-5-15)31(29,30)11-10-25/h4-9,12,14,16,25H,2-3,10-11,13H2,1H3,(H,27,28)/t14-/m0/s1. The molecule has 2 aromatic rings. The number of fused-ring (bicyclic) bond motifs is 1. The van der Waals surface area contributed by atoms with Gasteiger partial charge in [-0.15, -0.1) is 0 Å². The van der Waals surface area contributed by atoms with E-state index in [1.807, 2.05) is 6.92 Å². The molecule has 31 heavy (non-hydrogen) atoms. The third-order valence-electron chi connectivity index (χ3n) is 5.72. The molecule has 0 radical (unpaired) electrons. The van der Waals surface area contributed by atoms with Crippen LogP contribution in [0.4, 0.5) is 16.2 Å². The molecule has 0 saturated heterocycles. The summed E-state index contributed by atoms with van der Waals surface area (Å²) in [6.45, 7) is 1.58. The van der Waals surface area contributed by atoms with E-state index in [2.05, 4.69) is 0 Å². The highest BCUT2D eigenvalue weighted by Gasteiger charge is 2.41. The van der Waals surface area contributed by atoms with Crippen molar-refractivity contribution in [3.05, 3.63) is 42.5 Å². The van der Waals surface area contributed by atoms with E-state index >= 15 is 0 Å². The number of aliphatic hydroxyl groups excluding tert-OH is 1. The third kappa shape index (κ3) is 4.03. The number of aliphatic hydroxyl groups is 1. The van der Waals surface area contributed by atoms with E-state index in [1.54, 1.807) is 35.2 Å². The molecule has 0 aromatic heterocycles. The molecule has 9 heteroatoms. The Hall–Kier alpha value is -2.91. The summed E-state index contributed by atoms with van der Waals surface area (Å²) in [5.74, 6) is -0.299. The van der Waals surface area contributed by atoms with Crippen molar-refractivity contribution in [2.24, 2.45) is 5.92 Å². The summed E-state index contributed by atoms with van der Waals surface area (Å²) in [5, 5.41) is 18.7. The maximum Gasteiger partial charge on any atom is 0.411 e. The number of anilines is 2. The highest BCUT2D eigenvalue weighted by atomic mass is 32.2. The van der Waals surface area contributed by atoms with Crippen LogP contribution >= 0.6 is 0 Å². The second kappa shape index (κ2) is 7.97. The number of nitrogens with zero attached hydrogens (tertiary/aromatic N) is 2. The van der Waals surface area contributed by atoms with E-state index in [0.717, 1.165) is 18.4 Å². The van der Waals surface area contributed by atoms with Gasteiger partial charge < -0.3 is 15.1 Å². The Labute approximate surface area is 180 Å². The normalized spacial score (nSPS) is 18.6. The molecule has 0 spiro atoms. The number of amides is 2. The van der Waals surface area contributed by atoms with Gasteiger partial charge in [0, 0.05) is 12.5 Å². The Kier molecular flexibility index (Phi) is 5.49. The first-order valence-corrected chi connectivity index (χ1v) is 11.8. The van der Waals surface area contributed by atoms with Crippen molar-refractivity contribution in [1.29, 1.82) is 0 Å². The topological polar surface area (TPSA) is 115 Å². The van der Waals surface area contributed by atoms with Gasteiger partial charge in [0.05, 0.1) is 34.7 Å². The zero-order chi connectivity index (χ0) is 22.3. The van der Waals surface area contributed by atoms with Crippen LogP contribution in [0.15, 0.2) is 47.4 Å². The van der Waals surface area contributed by atoms with Gasteiger partial charge in [-0.05, 0) is 55.2 Å². The van der Waals surface area contributed by atoms with Crippen molar-refractivity contribution in [2.45, 2.75) is 30.7 Å². The van der Waals surface area contributed by atoms with Crippen molar-refractivity contribution in [1.82, 2.24) is 0 Å². The molecule has 2 amide bonds. The zero-order valence-electron chi connectivity index (χ0n) is 17.1. The largest absolute Gasteiger partial charge is 0.465 e. The predicted molar refractivity (Wildman–Crippen MR) is 116 cm³/mol. The highest BCUT2D eigenvalue weighted by molar-refractivity contribution is 7.91. The number of carboxylic acid groups (broad SMARTS) is 1. The van der Waals surface area contributed by atoms with Crippen molar-refractivity contribution in [2.75, 3.05) is 28.7 Å². The van der Waals surface area contributed by atoms with Gasteiger partial charge in [0.15, 0.2) is 9.84 Å². The fraction of sp³-hybridized carbons (Fsp3) is 0.364. The lowest BCUT2D eigenvalue weighted by Crippen LogP contribution is -2.52. The highest BCUT2D eigenvalue weighted by Crippen LogP contribution is 2.42. The van der Waals surface area contributed by atoms with E-state index in [-0.39, 0.29) is 35.1 Å². The van der Waals surface area contributed by atoms with Crippen LogP contribution in [-0.2, 0) is 14.6 Å². The minimum atomic E-state index is -3.55. The molecule has 1 aliphatic carbocycles. The summed E-state index contributed by atoms with van der Waals surface area (Å²) >= 11 is 0. The first-order valence-electron chi connectivity index (χ1n) is 10.1. The van der Waals surface area contributed by atoms with Crippen LogP contribution in [0.3, 0.4) is 0 Å². The molecule has 0 bridgehead atoms. The summed E-state index contributed by atoms with van der Waals surface area (Å²) in [5.41, 5.74) is 2.44. The van der Waals surface area contributed by atoms with Crippen LogP contribution in [0.5, 0.6) is 0 Å². The van der Waals surface area contributed by atoms with Crippen LogP contribution in [-0.4, -0.2) is 55.6 Å². The molecule has 2 N–H and O–H groups in total. The van der Waals surface area contributed by atoms with Gasteiger partial charge in [-0.25, -0.2) is 13.2 Å². The second-order valence-electron chi connectivity index (χ2n) is 8.00. The molecular formula is C22H24N2O6S. The number of benzene rings is 2. The third-order valence-corrected chi connectivity index (χ3v) is 7.43. The molecule has 1 atom stereocenters. The molecule has 4 rings (SSSR count). The number of rotatable bonds is 5. The Morgan fingerprint density at radius 1 is 1.03 bits per heavy atom. The number of sulfone groups is 1. The molecule has 8 nitrogen and oxygen atoms in total. The number of carbonyl (C=O) groups excluding carboxylic acids is 1. The molecule has 1 aliphatic heterocycles. The van der Waals surface area contributed by atoms with Crippen LogP contribution in [0.1, 0.15) is 19.8 Å². The molecular weight excluding hydrogens is 420 g/mol. The molecule has 2 aliphatic rings. The van der Waals surface area contributed by atoms with Gasteiger partial charge in [-0.1, -0.05) is 18.2 Å². The van der Waals surface area contributed by atoms with E-state index < -0.39 is 22.5 Å². The summed E-state index contributed by atoms with van der Waals surface area (Å²) in [4.78, 5) is 27.8. The SMILES string of the molecule is C[C@H]1CN(C(=O)O)c2cc(-c3ccc(S(=O)(=O)CCO)cc3)ccc2N1C(=O)C1CC1. The predicted octanol–water partition coefficient (Wildman–Crippen LogP) is 2.75. The minimum Gasteiger partial charge on any atom is -0.465 e. The fourth-order valence-electron chi connectivity index (χ4n) is 3.94. The van der Waals surface area contributed by atoms with Crippen LogP contribution < -0.4 is 9.80 Å². The van der Waals surface area contributed by atoms with Crippen molar-refractivity contribution in [3.8, 4) is 11.1 Å². The van der Waals surface area contributed by atoms with Gasteiger partial charge in [0.25, 0.3) is 0 Å². The van der Waals surface area contributed by atoms with Gasteiger partial charge in [-0.2, -0.15) is 0 Å². The van der Waals surface area contributed by atoms with Gasteiger partial charge in [0.1, 0.15) is 0 Å². The molecule has 2 aromatic carbocycles. The Balaban J connectivity index is 1.73. The van der Waals surface area contributed by atoms with E-state index in [4.69, 9.17) is 5.11 Å². The molecule has 0 unspecified atom stereocenters. The number of carbonyl (C=O) groups is 2. The van der Waals surface area contributed by atoms with E-state index in [9.17, 15) is 23.1 Å². The quantitative estimate of drug-likeness (QED) is 0.733. The Bertz CT molecular complexity index is 1130. The first-order chi connectivity index (χ1) is 14.7. The summed E-state index contributed by atoms with van der Waals surface area (Å²) in [6, 6.07) is 11.3. The molecule has 1 saturated carbocycles. The number of hydrogen-bond acceptors (Lipinski definition) is 5. The van der Waals surface area contributed by atoms with Gasteiger partial charge >= 0.3 is 6.09 Å². The monoisotopic (exact) mass is 444 g/mol. The van der Waals surface area contributed by atoms with Crippen molar-refractivity contribution < 1.29 is 28.2 Å². The zero-order valence-corrected chi connectivity index (χ0v) is 17.9. The summed E-state index contributed by atoms with van der Waals surface area (Å²) in [7, 11) is -3.55. The maximum atomic E-state index is 12.8. The average molecular weight is 445 g/mol. The maximum absolute atomic E-state index is 12.8. The van der Waals surface area contributed by atoms with Gasteiger partial charge in [-0.3, -0.25) is 9.69 Å². The van der Waals surface area contributed by atoms with Crippen molar-refractivity contribution in [3.63, 3.8) is 0 Å². The summed E-state index contributed by atoms with van der Waals surface area (Å²) in [6.07, 6.45) is 0.641. The Morgan fingerprint density at radius 3 is 2.26 bits per heavy atom. The lowest BCUT2D eigenvalue weighted by molar-refractivity contribution is -0.120. The molecule has 1 fully saturated rings. The molecule has 1 heterocycles. The van der Waals surface area contributed by atoms with Crippen LogP contribution in [0, 0.1) is 5.92 Å². The van der Waals surface area contributed by atoms with Crippen LogP contribution in [0.25, 0.3) is 11.1 Å².